The highest BCUT2D eigenvalue weighted by Crippen LogP contribution is 2.38. The van der Waals surface area contributed by atoms with Crippen molar-refractivity contribution in [3.8, 4) is 0 Å². The van der Waals surface area contributed by atoms with E-state index in [0.29, 0.717) is 13.2 Å². The van der Waals surface area contributed by atoms with Crippen LogP contribution in [0.4, 0.5) is 0 Å². The van der Waals surface area contributed by atoms with Crippen LogP contribution >= 0.6 is 0 Å². The van der Waals surface area contributed by atoms with Gasteiger partial charge in [0.15, 0.2) is 0 Å². The molecule has 0 saturated carbocycles. The fraction of sp³-hybridized carbons (Fsp3) is 0.600. The predicted octanol–water partition coefficient (Wildman–Crippen LogP) is 2.53. The summed E-state index contributed by atoms with van der Waals surface area (Å²) in [6.45, 7) is 5.39. The van der Waals surface area contributed by atoms with Crippen LogP contribution in [0.5, 0.6) is 0 Å². The van der Waals surface area contributed by atoms with Crippen molar-refractivity contribution in [2.24, 2.45) is 0 Å². The van der Waals surface area contributed by atoms with Crippen molar-refractivity contribution in [1.82, 2.24) is 0 Å². The molecular formula is C15H22O3. The van der Waals surface area contributed by atoms with Crippen LogP contribution in [-0.2, 0) is 9.47 Å². The number of methoxy groups -OCH3 is 1. The first-order valence-electron chi connectivity index (χ1n) is 6.47. The fourth-order valence-corrected chi connectivity index (χ4v) is 2.72. The average Bonchev–Trinajstić information content (AvgIpc) is 2.39. The molecule has 3 heteroatoms. The van der Waals surface area contributed by atoms with Gasteiger partial charge >= 0.3 is 0 Å². The van der Waals surface area contributed by atoms with E-state index < -0.39 is 11.7 Å². The molecule has 1 aliphatic heterocycles. The van der Waals surface area contributed by atoms with Gasteiger partial charge in [0.2, 0.25) is 0 Å². The Hall–Kier alpha value is -0.900. The Bertz CT molecular complexity index is 408. The lowest BCUT2D eigenvalue weighted by Gasteiger charge is -2.40. The van der Waals surface area contributed by atoms with Gasteiger partial charge in [-0.2, -0.15) is 0 Å². The zero-order valence-corrected chi connectivity index (χ0v) is 11.4. The molecule has 1 aliphatic rings. The molecule has 1 unspecified atom stereocenters. The molecule has 1 aromatic rings. The van der Waals surface area contributed by atoms with Crippen molar-refractivity contribution in [2.45, 2.75) is 38.4 Å². The highest BCUT2D eigenvalue weighted by atomic mass is 16.5. The van der Waals surface area contributed by atoms with Gasteiger partial charge in [-0.3, -0.25) is 0 Å². The van der Waals surface area contributed by atoms with E-state index in [4.69, 9.17) is 9.47 Å². The van der Waals surface area contributed by atoms with Crippen molar-refractivity contribution >= 4 is 0 Å². The number of hydrogen-bond donors (Lipinski definition) is 1. The van der Waals surface area contributed by atoms with Gasteiger partial charge in [0.1, 0.15) is 11.7 Å². The molecule has 1 heterocycles. The minimum absolute atomic E-state index is 0.502. The van der Waals surface area contributed by atoms with Crippen molar-refractivity contribution < 1.29 is 14.6 Å². The number of ether oxygens (including phenoxy) is 2. The molecule has 3 nitrogen and oxygen atoms in total. The second-order valence-electron chi connectivity index (χ2n) is 5.14. The van der Waals surface area contributed by atoms with Crippen LogP contribution in [0.3, 0.4) is 0 Å². The number of aliphatic hydroxyl groups is 1. The van der Waals surface area contributed by atoms with Gasteiger partial charge in [-0.05, 0) is 25.0 Å². The minimum Gasteiger partial charge on any atom is -0.385 e. The normalized spacial score (nSPS) is 20.7. The number of hydrogen-bond acceptors (Lipinski definition) is 3. The first-order chi connectivity index (χ1) is 8.59. The van der Waals surface area contributed by atoms with Gasteiger partial charge in [0.25, 0.3) is 0 Å². The third-order valence-electron chi connectivity index (χ3n) is 3.96. The molecule has 100 valence electrons. The smallest absolute Gasteiger partial charge is 0.108 e. The Morgan fingerprint density at radius 3 is 2.50 bits per heavy atom. The summed E-state index contributed by atoms with van der Waals surface area (Å²) in [7, 11) is 1.68. The highest BCUT2D eigenvalue weighted by Gasteiger charge is 2.41. The van der Waals surface area contributed by atoms with Gasteiger partial charge in [0, 0.05) is 33.2 Å². The molecular weight excluding hydrogens is 228 g/mol. The van der Waals surface area contributed by atoms with Crippen molar-refractivity contribution in [1.29, 1.82) is 0 Å². The standard InChI is InChI=1S/C15H22O3/c1-11-4-5-13(12(2)10-11)14(16)15(17-3)6-8-18-9-7-15/h4-5,10,14,16H,6-9H2,1-3H3. The van der Waals surface area contributed by atoms with Crippen LogP contribution in [0.1, 0.15) is 35.6 Å². The first kappa shape index (κ1) is 13.5. The van der Waals surface area contributed by atoms with Gasteiger partial charge < -0.3 is 14.6 Å². The van der Waals surface area contributed by atoms with Crippen LogP contribution in [0.25, 0.3) is 0 Å². The maximum atomic E-state index is 10.7. The number of rotatable bonds is 3. The van der Waals surface area contributed by atoms with E-state index in [-0.39, 0.29) is 0 Å². The Balaban J connectivity index is 2.30. The van der Waals surface area contributed by atoms with Crippen molar-refractivity contribution in [3.63, 3.8) is 0 Å². The topological polar surface area (TPSA) is 38.7 Å². The number of benzene rings is 1. The minimum atomic E-state index is -0.591. The second-order valence-corrected chi connectivity index (χ2v) is 5.14. The lowest BCUT2D eigenvalue weighted by Crippen LogP contribution is -2.44. The Kier molecular flexibility index (Phi) is 4.05. The van der Waals surface area contributed by atoms with E-state index in [9.17, 15) is 5.11 Å². The van der Waals surface area contributed by atoms with Gasteiger partial charge in [-0.15, -0.1) is 0 Å². The summed E-state index contributed by atoms with van der Waals surface area (Å²) in [5.41, 5.74) is 2.79. The van der Waals surface area contributed by atoms with E-state index in [1.807, 2.05) is 19.1 Å². The molecule has 0 aliphatic carbocycles. The maximum absolute atomic E-state index is 10.7. The Morgan fingerprint density at radius 2 is 1.94 bits per heavy atom. The average molecular weight is 250 g/mol. The van der Waals surface area contributed by atoms with Crippen LogP contribution in [0.2, 0.25) is 0 Å². The van der Waals surface area contributed by atoms with E-state index in [1.54, 1.807) is 7.11 Å². The molecule has 1 fully saturated rings. The molecule has 1 N–H and O–H groups in total. The second kappa shape index (κ2) is 5.39. The summed E-state index contributed by atoms with van der Waals surface area (Å²) in [6.07, 6.45) is 0.877. The zero-order valence-electron chi connectivity index (χ0n) is 11.4. The molecule has 0 spiro atoms. The quantitative estimate of drug-likeness (QED) is 0.896. The van der Waals surface area contributed by atoms with Crippen molar-refractivity contribution in [3.05, 3.63) is 34.9 Å². The highest BCUT2D eigenvalue weighted by molar-refractivity contribution is 5.33. The lowest BCUT2D eigenvalue weighted by atomic mass is 9.82. The van der Waals surface area contributed by atoms with E-state index in [2.05, 4.69) is 13.0 Å². The first-order valence-corrected chi connectivity index (χ1v) is 6.47. The van der Waals surface area contributed by atoms with Crippen LogP contribution < -0.4 is 0 Å². The summed E-state index contributed by atoms with van der Waals surface area (Å²) in [5.74, 6) is 0. The maximum Gasteiger partial charge on any atom is 0.108 e. The molecule has 0 radical (unpaired) electrons. The van der Waals surface area contributed by atoms with Gasteiger partial charge in [-0.1, -0.05) is 23.8 Å². The molecule has 1 saturated heterocycles. The molecule has 0 bridgehead atoms. The van der Waals surface area contributed by atoms with E-state index >= 15 is 0 Å². The van der Waals surface area contributed by atoms with E-state index in [0.717, 1.165) is 24.0 Å². The lowest BCUT2D eigenvalue weighted by molar-refractivity contribution is -0.154. The zero-order chi connectivity index (χ0) is 13.2. The molecule has 2 rings (SSSR count). The summed E-state index contributed by atoms with van der Waals surface area (Å²) in [5, 5.41) is 10.7. The van der Waals surface area contributed by atoms with Crippen LogP contribution in [-0.4, -0.2) is 31.0 Å². The van der Waals surface area contributed by atoms with Crippen molar-refractivity contribution in [2.75, 3.05) is 20.3 Å². The SMILES string of the molecule is COC1(C(O)c2ccc(C)cc2C)CCOCC1. The number of aliphatic hydroxyl groups excluding tert-OH is 1. The van der Waals surface area contributed by atoms with Gasteiger partial charge in [0.05, 0.1) is 0 Å². The summed E-state index contributed by atoms with van der Waals surface area (Å²) >= 11 is 0. The third kappa shape index (κ3) is 2.44. The number of aryl methyl sites for hydroxylation is 2. The van der Waals surface area contributed by atoms with Gasteiger partial charge in [-0.25, -0.2) is 0 Å². The third-order valence-corrected chi connectivity index (χ3v) is 3.96. The van der Waals surface area contributed by atoms with Crippen LogP contribution in [0.15, 0.2) is 18.2 Å². The monoisotopic (exact) mass is 250 g/mol. The molecule has 18 heavy (non-hydrogen) atoms. The molecule has 0 amide bonds. The summed E-state index contributed by atoms with van der Waals surface area (Å²) in [6, 6.07) is 6.14. The van der Waals surface area contributed by atoms with E-state index in [1.165, 1.54) is 5.56 Å². The molecule has 0 aromatic heterocycles. The largest absolute Gasteiger partial charge is 0.385 e. The molecule has 1 atom stereocenters. The summed E-state index contributed by atoms with van der Waals surface area (Å²) < 4.78 is 11.0. The van der Waals surface area contributed by atoms with Crippen LogP contribution in [0, 0.1) is 13.8 Å². The molecule has 1 aromatic carbocycles. The Labute approximate surface area is 109 Å². The fourth-order valence-electron chi connectivity index (χ4n) is 2.72. The summed E-state index contributed by atoms with van der Waals surface area (Å²) in [4.78, 5) is 0. The Morgan fingerprint density at radius 1 is 1.28 bits per heavy atom. The predicted molar refractivity (Wildman–Crippen MR) is 70.7 cm³/mol.